The van der Waals surface area contributed by atoms with Gasteiger partial charge in [-0.15, -0.1) is 0 Å². The van der Waals surface area contributed by atoms with Crippen LogP contribution >= 0.6 is 0 Å². The Bertz CT molecular complexity index is 394. The molecular weight excluding hydrogens is 242 g/mol. The molecule has 0 saturated heterocycles. The summed E-state index contributed by atoms with van der Waals surface area (Å²) in [5.41, 5.74) is 6.34. The van der Waals surface area contributed by atoms with Crippen LogP contribution < -0.4 is 15.8 Å². The number of nitrogens with two attached hydrogens (primary N) is 1. The minimum Gasteiger partial charge on any atom is -0.476 e. The number of hydrogen-bond acceptors (Lipinski definition) is 5. The highest BCUT2D eigenvalue weighted by atomic mass is 16.5. The predicted octanol–water partition coefficient (Wildman–Crippen LogP) is 2.29. The fourth-order valence-electron chi connectivity index (χ4n) is 1.73. The van der Waals surface area contributed by atoms with Crippen LogP contribution in [0.5, 0.6) is 5.88 Å². The molecule has 5 nitrogen and oxygen atoms in total. The first-order chi connectivity index (χ1) is 9.29. The summed E-state index contributed by atoms with van der Waals surface area (Å²) < 4.78 is 10.9. The molecule has 3 N–H and O–H groups in total. The van der Waals surface area contributed by atoms with Crippen LogP contribution in [0.1, 0.15) is 26.2 Å². The molecule has 0 amide bonds. The second-order valence-electron chi connectivity index (χ2n) is 4.82. The van der Waals surface area contributed by atoms with Gasteiger partial charge >= 0.3 is 0 Å². The van der Waals surface area contributed by atoms with E-state index in [-0.39, 0.29) is 0 Å². The Morgan fingerprint density at radius 3 is 3.00 bits per heavy atom. The first kappa shape index (κ1) is 13.9. The van der Waals surface area contributed by atoms with Crippen molar-refractivity contribution >= 4 is 11.5 Å². The Hall–Kier alpha value is -1.49. The summed E-state index contributed by atoms with van der Waals surface area (Å²) in [6.07, 6.45) is 3.66. The molecule has 1 heterocycles. The highest BCUT2D eigenvalue weighted by Crippen LogP contribution is 2.28. The van der Waals surface area contributed by atoms with Crippen molar-refractivity contribution in [2.45, 2.75) is 26.2 Å². The second-order valence-corrected chi connectivity index (χ2v) is 4.82. The van der Waals surface area contributed by atoms with Crippen molar-refractivity contribution in [2.75, 3.05) is 37.4 Å². The Morgan fingerprint density at radius 2 is 2.26 bits per heavy atom. The molecule has 0 atom stereocenters. The first-order valence-electron chi connectivity index (χ1n) is 7.00. The van der Waals surface area contributed by atoms with Crippen LogP contribution in [0, 0.1) is 5.92 Å². The molecule has 0 spiro atoms. The van der Waals surface area contributed by atoms with Crippen molar-refractivity contribution in [2.24, 2.45) is 5.92 Å². The van der Waals surface area contributed by atoms with E-state index in [4.69, 9.17) is 15.2 Å². The van der Waals surface area contributed by atoms with E-state index in [9.17, 15) is 0 Å². The molecule has 1 fully saturated rings. The summed E-state index contributed by atoms with van der Waals surface area (Å²) in [6.45, 7) is 5.05. The SMILES string of the molecule is CCOc1nc(NCCCOCC2CC2)ccc1N. The van der Waals surface area contributed by atoms with Gasteiger partial charge in [0.25, 0.3) is 0 Å². The van der Waals surface area contributed by atoms with Gasteiger partial charge in [-0.1, -0.05) is 0 Å². The summed E-state index contributed by atoms with van der Waals surface area (Å²) in [5.74, 6) is 2.12. The van der Waals surface area contributed by atoms with Gasteiger partial charge in [0.15, 0.2) is 0 Å². The zero-order chi connectivity index (χ0) is 13.5. The minimum atomic E-state index is 0.498. The van der Waals surface area contributed by atoms with Crippen LogP contribution in [0.4, 0.5) is 11.5 Å². The minimum absolute atomic E-state index is 0.498. The molecule has 19 heavy (non-hydrogen) atoms. The number of hydrogen-bond donors (Lipinski definition) is 2. The molecule has 1 aliphatic rings. The molecule has 0 aliphatic heterocycles. The molecule has 0 bridgehead atoms. The molecule has 0 aromatic carbocycles. The van der Waals surface area contributed by atoms with Crippen LogP contribution in [0.15, 0.2) is 12.1 Å². The zero-order valence-corrected chi connectivity index (χ0v) is 11.5. The maximum atomic E-state index is 5.77. The average molecular weight is 265 g/mol. The monoisotopic (exact) mass is 265 g/mol. The molecule has 1 aromatic heterocycles. The molecule has 1 aliphatic carbocycles. The predicted molar refractivity (Wildman–Crippen MR) is 76.5 cm³/mol. The van der Waals surface area contributed by atoms with Gasteiger partial charge < -0.3 is 20.5 Å². The first-order valence-corrected chi connectivity index (χ1v) is 7.00. The van der Waals surface area contributed by atoms with Gasteiger partial charge in [-0.3, -0.25) is 0 Å². The molecule has 2 rings (SSSR count). The molecule has 0 radical (unpaired) electrons. The number of ether oxygens (including phenoxy) is 2. The molecule has 106 valence electrons. The Morgan fingerprint density at radius 1 is 1.42 bits per heavy atom. The van der Waals surface area contributed by atoms with E-state index >= 15 is 0 Å². The van der Waals surface area contributed by atoms with Crippen LogP contribution in [-0.4, -0.2) is 31.3 Å². The number of nitrogen functional groups attached to an aromatic ring is 1. The molecule has 0 unspecified atom stereocenters. The van der Waals surface area contributed by atoms with Crippen molar-refractivity contribution in [3.8, 4) is 5.88 Å². The van der Waals surface area contributed by atoms with Gasteiger partial charge in [0, 0.05) is 19.8 Å². The van der Waals surface area contributed by atoms with Gasteiger partial charge in [0.2, 0.25) is 5.88 Å². The van der Waals surface area contributed by atoms with Crippen molar-refractivity contribution in [3.63, 3.8) is 0 Å². The highest BCUT2D eigenvalue weighted by Gasteiger charge is 2.20. The maximum Gasteiger partial charge on any atom is 0.239 e. The van der Waals surface area contributed by atoms with E-state index in [1.165, 1.54) is 12.8 Å². The summed E-state index contributed by atoms with van der Waals surface area (Å²) in [6, 6.07) is 3.67. The Kier molecular flexibility index (Phi) is 5.27. The van der Waals surface area contributed by atoms with Gasteiger partial charge in [-0.25, -0.2) is 0 Å². The van der Waals surface area contributed by atoms with Gasteiger partial charge in [0.1, 0.15) is 5.82 Å². The van der Waals surface area contributed by atoms with Gasteiger partial charge in [-0.2, -0.15) is 4.98 Å². The third kappa shape index (κ3) is 4.95. The lowest BCUT2D eigenvalue weighted by atomic mass is 10.4. The fourth-order valence-corrected chi connectivity index (χ4v) is 1.73. The third-order valence-electron chi connectivity index (χ3n) is 2.99. The molecule has 1 aromatic rings. The lowest BCUT2D eigenvalue weighted by Crippen LogP contribution is -2.09. The maximum absolute atomic E-state index is 5.77. The van der Waals surface area contributed by atoms with Gasteiger partial charge in [-0.05, 0) is 44.2 Å². The fraction of sp³-hybridized carbons (Fsp3) is 0.643. The van der Waals surface area contributed by atoms with Crippen LogP contribution in [0.25, 0.3) is 0 Å². The van der Waals surface area contributed by atoms with Gasteiger partial charge in [0.05, 0.1) is 12.3 Å². The smallest absolute Gasteiger partial charge is 0.239 e. The highest BCUT2D eigenvalue weighted by molar-refractivity contribution is 5.53. The molecule has 1 saturated carbocycles. The normalized spacial score (nSPS) is 14.4. The number of rotatable bonds is 9. The van der Waals surface area contributed by atoms with E-state index in [1.54, 1.807) is 0 Å². The topological polar surface area (TPSA) is 69.4 Å². The average Bonchev–Trinajstić information content (AvgIpc) is 3.21. The second kappa shape index (κ2) is 7.19. The lowest BCUT2D eigenvalue weighted by molar-refractivity contribution is 0.124. The standard InChI is InChI=1S/C14H23N3O2/c1-2-19-14-12(15)6-7-13(17-14)16-8-3-9-18-10-11-4-5-11/h6-7,11H,2-5,8-10,15H2,1H3,(H,16,17). The Balaban J connectivity index is 1.65. The summed E-state index contributed by atoms with van der Waals surface area (Å²) >= 11 is 0. The Labute approximate surface area is 114 Å². The quantitative estimate of drug-likeness (QED) is 0.670. The number of nitrogens with one attached hydrogen (secondary N) is 1. The third-order valence-corrected chi connectivity index (χ3v) is 2.99. The van der Waals surface area contributed by atoms with Crippen LogP contribution in [0.2, 0.25) is 0 Å². The van der Waals surface area contributed by atoms with Crippen molar-refractivity contribution in [1.82, 2.24) is 4.98 Å². The van der Waals surface area contributed by atoms with E-state index in [0.717, 1.165) is 37.9 Å². The summed E-state index contributed by atoms with van der Waals surface area (Å²) in [7, 11) is 0. The van der Waals surface area contributed by atoms with Crippen molar-refractivity contribution in [1.29, 1.82) is 0 Å². The van der Waals surface area contributed by atoms with E-state index in [1.807, 2.05) is 19.1 Å². The van der Waals surface area contributed by atoms with Crippen molar-refractivity contribution in [3.05, 3.63) is 12.1 Å². The zero-order valence-electron chi connectivity index (χ0n) is 11.5. The van der Waals surface area contributed by atoms with E-state index in [2.05, 4.69) is 10.3 Å². The summed E-state index contributed by atoms with van der Waals surface area (Å²) in [4.78, 5) is 4.32. The molecular formula is C14H23N3O2. The largest absolute Gasteiger partial charge is 0.476 e. The number of pyridine rings is 1. The van der Waals surface area contributed by atoms with Crippen LogP contribution in [-0.2, 0) is 4.74 Å². The number of nitrogens with zero attached hydrogens (tertiary/aromatic N) is 1. The summed E-state index contributed by atoms with van der Waals surface area (Å²) in [5, 5.41) is 3.25. The van der Waals surface area contributed by atoms with Crippen LogP contribution in [0.3, 0.4) is 0 Å². The number of anilines is 2. The number of aromatic nitrogens is 1. The molecule has 5 heteroatoms. The van der Waals surface area contributed by atoms with E-state index < -0.39 is 0 Å². The van der Waals surface area contributed by atoms with E-state index in [0.29, 0.717) is 18.2 Å². The lowest BCUT2D eigenvalue weighted by Gasteiger charge is -2.10. The van der Waals surface area contributed by atoms with Crippen molar-refractivity contribution < 1.29 is 9.47 Å².